The summed E-state index contributed by atoms with van der Waals surface area (Å²) in [6.07, 6.45) is 3.96. The van der Waals surface area contributed by atoms with Crippen molar-refractivity contribution in [1.82, 2.24) is 0 Å². The first-order chi connectivity index (χ1) is 9.10. The summed E-state index contributed by atoms with van der Waals surface area (Å²) in [7, 11) is 0. The second-order valence-electron chi connectivity index (χ2n) is 4.97. The Balaban J connectivity index is 2.81. The van der Waals surface area contributed by atoms with Gasteiger partial charge in [0.1, 0.15) is 0 Å². The maximum Gasteiger partial charge on any atom is 0.224 e. The van der Waals surface area contributed by atoms with Gasteiger partial charge in [0.25, 0.3) is 0 Å². The Morgan fingerprint density at radius 2 is 2.00 bits per heavy atom. The lowest BCUT2D eigenvalue weighted by molar-refractivity contribution is -0.115. The van der Waals surface area contributed by atoms with E-state index in [4.69, 9.17) is 0 Å². The molecule has 0 radical (unpaired) electrons. The minimum absolute atomic E-state index is 0.0513. The first-order valence-electron chi connectivity index (χ1n) is 7.27. The number of benzene rings is 1. The van der Waals surface area contributed by atoms with Gasteiger partial charge in [0.15, 0.2) is 0 Å². The summed E-state index contributed by atoms with van der Waals surface area (Å²) in [5, 5.41) is 6.48. The summed E-state index contributed by atoms with van der Waals surface area (Å²) in [5.41, 5.74) is 3.20. The van der Waals surface area contributed by atoms with Crippen molar-refractivity contribution in [3.63, 3.8) is 0 Å². The molecule has 0 spiro atoms. The van der Waals surface area contributed by atoms with Crippen LogP contribution in [0.3, 0.4) is 0 Å². The highest BCUT2D eigenvalue weighted by Gasteiger charge is 2.08. The summed E-state index contributed by atoms with van der Waals surface area (Å²) in [4.78, 5) is 11.4. The highest BCUT2D eigenvalue weighted by atomic mass is 16.1. The van der Waals surface area contributed by atoms with E-state index in [-0.39, 0.29) is 5.91 Å². The Labute approximate surface area is 116 Å². The molecular formula is C16H26N2O. The third-order valence-corrected chi connectivity index (χ3v) is 3.33. The van der Waals surface area contributed by atoms with Gasteiger partial charge in [0.2, 0.25) is 5.91 Å². The SMILES string of the molecule is CCCC(CC)Nc1cc(NC(=O)CC)ccc1C. The topological polar surface area (TPSA) is 41.1 Å². The third kappa shape index (κ3) is 4.93. The molecule has 0 saturated heterocycles. The smallest absolute Gasteiger partial charge is 0.224 e. The summed E-state index contributed by atoms with van der Waals surface area (Å²) >= 11 is 0. The zero-order valence-corrected chi connectivity index (χ0v) is 12.5. The van der Waals surface area contributed by atoms with E-state index < -0.39 is 0 Å². The molecule has 1 aromatic rings. The molecule has 0 aromatic heterocycles. The molecule has 0 heterocycles. The van der Waals surface area contributed by atoms with E-state index in [1.54, 1.807) is 0 Å². The molecule has 2 N–H and O–H groups in total. The van der Waals surface area contributed by atoms with Crippen molar-refractivity contribution in [3.8, 4) is 0 Å². The number of hydrogen-bond donors (Lipinski definition) is 2. The first kappa shape index (κ1) is 15.5. The Kier molecular flexibility index (Phi) is 6.40. The highest BCUT2D eigenvalue weighted by molar-refractivity contribution is 5.91. The maximum atomic E-state index is 11.4. The normalized spacial score (nSPS) is 12.0. The predicted octanol–water partition coefficient (Wildman–Crippen LogP) is 4.33. The molecule has 0 aliphatic carbocycles. The van der Waals surface area contributed by atoms with Gasteiger partial charge in [0, 0.05) is 23.8 Å². The van der Waals surface area contributed by atoms with Crippen LogP contribution in [0.2, 0.25) is 0 Å². The van der Waals surface area contributed by atoms with Crippen molar-refractivity contribution in [2.45, 2.75) is 59.4 Å². The van der Waals surface area contributed by atoms with E-state index in [9.17, 15) is 4.79 Å². The zero-order valence-electron chi connectivity index (χ0n) is 12.5. The van der Waals surface area contributed by atoms with Crippen LogP contribution in [-0.4, -0.2) is 11.9 Å². The number of rotatable bonds is 7. The van der Waals surface area contributed by atoms with Crippen molar-refractivity contribution < 1.29 is 4.79 Å². The van der Waals surface area contributed by atoms with E-state index in [0.29, 0.717) is 12.5 Å². The first-order valence-corrected chi connectivity index (χ1v) is 7.27. The largest absolute Gasteiger partial charge is 0.382 e. The number of anilines is 2. The number of carbonyl (C=O) groups is 1. The molecule has 1 amide bonds. The van der Waals surface area contributed by atoms with E-state index in [0.717, 1.165) is 17.8 Å². The molecule has 0 aliphatic rings. The average molecular weight is 262 g/mol. The van der Waals surface area contributed by atoms with Crippen molar-refractivity contribution in [1.29, 1.82) is 0 Å². The van der Waals surface area contributed by atoms with Crippen molar-refractivity contribution in [2.24, 2.45) is 0 Å². The Morgan fingerprint density at radius 3 is 2.58 bits per heavy atom. The monoisotopic (exact) mass is 262 g/mol. The van der Waals surface area contributed by atoms with Gasteiger partial charge in [-0.05, 0) is 37.5 Å². The van der Waals surface area contributed by atoms with Crippen LogP contribution in [0, 0.1) is 6.92 Å². The van der Waals surface area contributed by atoms with Gasteiger partial charge in [-0.25, -0.2) is 0 Å². The molecule has 106 valence electrons. The molecule has 3 nitrogen and oxygen atoms in total. The number of aryl methyl sites for hydroxylation is 1. The van der Waals surface area contributed by atoms with Gasteiger partial charge >= 0.3 is 0 Å². The second kappa shape index (κ2) is 7.82. The van der Waals surface area contributed by atoms with Crippen LogP contribution in [0.15, 0.2) is 18.2 Å². The van der Waals surface area contributed by atoms with Gasteiger partial charge < -0.3 is 10.6 Å². The lowest BCUT2D eigenvalue weighted by Gasteiger charge is -2.20. The molecule has 0 aliphatic heterocycles. The number of hydrogen-bond acceptors (Lipinski definition) is 2. The zero-order chi connectivity index (χ0) is 14.3. The van der Waals surface area contributed by atoms with Crippen LogP contribution in [0.25, 0.3) is 0 Å². The van der Waals surface area contributed by atoms with E-state index in [2.05, 4.69) is 31.4 Å². The quantitative estimate of drug-likeness (QED) is 0.767. The maximum absolute atomic E-state index is 11.4. The van der Waals surface area contributed by atoms with Gasteiger partial charge in [-0.15, -0.1) is 0 Å². The van der Waals surface area contributed by atoms with Gasteiger partial charge in [0.05, 0.1) is 0 Å². The highest BCUT2D eigenvalue weighted by Crippen LogP contribution is 2.22. The summed E-state index contributed by atoms with van der Waals surface area (Å²) in [6, 6.07) is 6.53. The fraction of sp³-hybridized carbons (Fsp3) is 0.562. The predicted molar refractivity (Wildman–Crippen MR) is 82.7 cm³/mol. The fourth-order valence-corrected chi connectivity index (χ4v) is 2.05. The summed E-state index contributed by atoms with van der Waals surface area (Å²) in [6.45, 7) is 8.35. The number of carbonyl (C=O) groups excluding carboxylic acids is 1. The molecule has 3 heteroatoms. The molecule has 1 rings (SSSR count). The lowest BCUT2D eigenvalue weighted by atomic mass is 10.1. The molecule has 0 fully saturated rings. The molecule has 1 atom stereocenters. The van der Waals surface area contributed by atoms with Gasteiger partial charge in [-0.3, -0.25) is 4.79 Å². The Morgan fingerprint density at radius 1 is 1.26 bits per heavy atom. The number of amides is 1. The Hall–Kier alpha value is -1.51. The average Bonchev–Trinajstić information content (AvgIpc) is 2.41. The van der Waals surface area contributed by atoms with E-state index in [1.165, 1.54) is 18.4 Å². The van der Waals surface area contributed by atoms with Gasteiger partial charge in [-0.1, -0.05) is 33.3 Å². The lowest BCUT2D eigenvalue weighted by Crippen LogP contribution is -2.19. The molecular weight excluding hydrogens is 236 g/mol. The van der Waals surface area contributed by atoms with Gasteiger partial charge in [-0.2, -0.15) is 0 Å². The van der Waals surface area contributed by atoms with Crippen LogP contribution >= 0.6 is 0 Å². The van der Waals surface area contributed by atoms with Crippen molar-refractivity contribution in [2.75, 3.05) is 10.6 Å². The van der Waals surface area contributed by atoms with Crippen LogP contribution in [0.5, 0.6) is 0 Å². The summed E-state index contributed by atoms with van der Waals surface area (Å²) < 4.78 is 0. The van der Waals surface area contributed by atoms with Crippen LogP contribution < -0.4 is 10.6 Å². The molecule has 1 unspecified atom stereocenters. The Bertz CT molecular complexity index is 415. The minimum Gasteiger partial charge on any atom is -0.382 e. The second-order valence-corrected chi connectivity index (χ2v) is 4.97. The third-order valence-electron chi connectivity index (χ3n) is 3.33. The molecule has 0 saturated carbocycles. The molecule has 1 aromatic carbocycles. The van der Waals surface area contributed by atoms with Crippen molar-refractivity contribution in [3.05, 3.63) is 23.8 Å². The van der Waals surface area contributed by atoms with Crippen molar-refractivity contribution >= 4 is 17.3 Å². The standard InChI is InChI=1S/C16H26N2O/c1-5-8-13(6-2)17-15-11-14(10-9-12(15)4)18-16(19)7-3/h9-11,13,17H,5-8H2,1-4H3,(H,18,19). The van der Waals surface area contributed by atoms with Crippen LogP contribution in [0.4, 0.5) is 11.4 Å². The summed E-state index contributed by atoms with van der Waals surface area (Å²) in [5.74, 6) is 0.0513. The van der Waals surface area contributed by atoms with Crippen LogP contribution in [0.1, 0.15) is 52.0 Å². The molecule has 0 bridgehead atoms. The number of nitrogens with one attached hydrogen (secondary N) is 2. The fourth-order valence-electron chi connectivity index (χ4n) is 2.05. The van der Waals surface area contributed by atoms with E-state index >= 15 is 0 Å². The van der Waals surface area contributed by atoms with Crippen LogP contribution in [-0.2, 0) is 4.79 Å². The minimum atomic E-state index is 0.0513. The molecule has 19 heavy (non-hydrogen) atoms. The van der Waals surface area contributed by atoms with E-state index in [1.807, 2.05) is 25.1 Å².